The van der Waals surface area contributed by atoms with Crippen LogP contribution < -0.4 is 15.2 Å². The lowest BCUT2D eigenvalue weighted by atomic mass is 9.99. The summed E-state index contributed by atoms with van der Waals surface area (Å²) < 4.78 is 10.6. The van der Waals surface area contributed by atoms with Crippen molar-refractivity contribution in [3.63, 3.8) is 0 Å². The summed E-state index contributed by atoms with van der Waals surface area (Å²) in [6.07, 6.45) is 0.798. The van der Waals surface area contributed by atoms with Crippen LogP contribution in [0.1, 0.15) is 21.5 Å². The van der Waals surface area contributed by atoms with Crippen molar-refractivity contribution in [2.75, 3.05) is 20.8 Å². The van der Waals surface area contributed by atoms with Gasteiger partial charge in [0, 0.05) is 5.56 Å². The Labute approximate surface area is 124 Å². The van der Waals surface area contributed by atoms with Gasteiger partial charge in [-0.3, -0.25) is 4.79 Å². The number of carbonyl (C=O) groups excluding carboxylic acids is 1. The molecular formula is C17H19NO3. The number of nitrogens with two attached hydrogens (primary N) is 1. The molecule has 0 bridgehead atoms. The summed E-state index contributed by atoms with van der Waals surface area (Å²) in [6, 6.07) is 12.7. The number of hydrogen-bond donors (Lipinski definition) is 1. The fourth-order valence-corrected chi connectivity index (χ4v) is 2.21. The second-order valence-corrected chi connectivity index (χ2v) is 4.60. The van der Waals surface area contributed by atoms with Gasteiger partial charge in [0.2, 0.25) is 5.78 Å². The van der Waals surface area contributed by atoms with Crippen molar-refractivity contribution in [1.29, 1.82) is 0 Å². The van der Waals surface area contributed by atoms with Gasteiger partial charge in [-0.1, -0.05) is 30.3 Å². The first kappa shape index (κ1) is 15.1. The number of benzene rings is 2. The topological polar surface area (TPSA) is 61.5 Å². The maximum absolute atomic E-state index is 12.7. The molecule has 0 aliphatic heterocycles. The van der Waals surface area contributed by atoms with Gasteiger partial charge in [-0.15, -0.1) is 0 Å². The van der Waals surface area contributed by atoms with E-state index in [1.54, 1.807) is 30.3 Å². The molecule has 0 saturated heterocycles. The predicted molar refractivity (Wildman–Crippen MR) is 82.2 cm³/mol. The van der Waals surface area contributed by atoms with Crippen molar-refractivity contribution in [2.24, 2.45) is 5.73 Å². The molecule has 0 atom stereocenters. The summed E-state index contributed by atoms with van der Waals surface area (Å²) in [5.41, 5.74) is 7.67. The van der Waals surface area contributed by atoms with E-state index in [0.717, 1.165) is 12.0 Å². The Morgan fingerprint density at radius 3 is 2.05 bits per heavy atom. The average Bonchev–Trinajstić information content (AvgIpc) is 2.54. The van der Waals surface area contributed by atoms with Gasteiger partial charge in [0.15, 0.2) is 0 Å². The highest BCUT2D eigenvalue weighted by Gasteiger charge is 2.19. The fourth-order valence-electron chi connectivity index (χ4n) is 2.21. The van der Waals surface area contributed by atoms with Crippen LogP contribution in [0.3, 0.4) is 0 Å². The van der Waals surface area contributed by atoms with Crippen molar-refractivity contribution < 1.29 is 14.3 Å². The highest BCUT2D eigenvalue weighted by atomic mass is 16.5. The lowest BCUT2D eigenvalue weighted by Gasteiger charge is -2.12. The molecule has 0 aliphatic carbocycles. The Kier molecular flexibility index (Phi) is 4.95. The van der Waals surface area contributed by atoms with Crippen LogP contribution in [0, 0.1) is 0 Å². The fraction of sp³-hybridized carbons (Fsp3) is 0.235. The standard InChI is InChI=1S/C17H19NO3/c1-20-14-4-3-5-15(21-2)16(14)17(19)13-8-6-12(7-9-13)10-11-18/h3-9H,10-11,18H2,1-2H3. The summed E-state index contributed by atoms with van der Waals surface area (Å²) in [4.78, 5) is 12.7. The molecule has 2 rings (SSSR count). The van der Waals surface area contributed by atoms with Crippen LogP contribution >= 0.6 is 0 Å². The Bertz CT molecular complexity index is 598. The summed E-state index contributed by atoms with van der Waals surface area (Å²) in [7, 11) is 3.08. The zero-order valence-electron chi connectivity index (χ0n) is 12.3. The molecule has 21 heavy (non-hydrogen) atoms. The number of ether oxygens (including phenoxy) is 2. The number of carbonyl (C=O) groups is 1. The largest absolute Gasteiger partial charge is 0.496 e. The Balaban J connectivity index is 2.39. The average molecular weight is 285 g/mol. The van der Waals surface area contributed by atoms with E-state index in [1.165, 1.54) is 14.2 Å². The number of hydrogen-bond acceptors (Lipinski definition) is 4. The lowest BCUT2D eigenvalue weighted by molar-refractivity contribution is 0.103. The maximum Gasteiger partial charge on any atom is 0.200 e. The molecule has 2 aromatic rings. The molecule has 4 nitrogen and oxygen atoms in total. The highest BCUT2D eigenvalue weighted by molar-refractivity contribution is 6.12. The summed E-state index contributed by atoms with van der Waals surface area (Å²) in [5.74, 6) is 0.888. The minimum absolute atomic E-state index is 0.122. The highest BCUT2D eigenvalue weighted by Crippen LogP contribution is 2.30. The lowest BCUT2D eigenvalue weighted by Crippen LogP contribution is -2.07. The maximum atomic E-state index is 12.7. The van der Waals surface area contributed by atoms with Crippen LogP contribution in [-0.4, -0.2) is 26.5 Å². The molecular weight excluding hydrogens is 266 g/mol. The molecule has 2 N–H and O–H groups in total. The van der Waals surface area contributed by atoms with Gasteiger partial charge in [-0.2, -0.15) is 0 Å². The molecule has 0 radical (unpaired) electrons. The molecule has 110 valence electrons. The van der Waals surface area contributed by atoms with Crippen LogP contribution in [0.2, 0.25) is 0 Å². The molecule has 4 heteroatoms. The monoisotopic (exact) mass is 285 g/mol. The minimum Gasteiger partial charge on any atom is -0.496 e. The third-order valence-electron chi connectivity index (χ3n) is 3.30. The van der Waals surface area contributed by atoms with Crippen molar-refractivity contribution in [2.45, 2.75) is 6.42 Å². The second-order valence-electron chi connectivity index (χ2n) is 4.60. The Morgan fingerprint density at radius 2 is 1.57 bits per heavy atom. The molecule has 0 spiro atoms. The Morgan fingerprint density at radius 1 is 1.00 bits per heavy atom. The first-order chi connectivity index (χ1) is 10.2. The summed E-state index contributed by atoms with van der Waals surface area (Å²) in [5, 5.41) is 0. The normalized spacial score (nSPS) is 10.2. The number of ketones is 1. The van der Waals surface area contributed by atoms with Crippen molar-refractivity contribution >= 4 is 5.78 Å². The zero-order chi connectivity index (χ0) is 15.2. The van der Waals surface area contributed by atoms with E-state index in [0.29, 0.717) is 29.2 Å². The van der Waals surface area contributed by atoms with E-state index in [2.05, 4.69) is 0 Å². The quantitative estimate of drug-likeness (QED) is 0.828. The molecule has 0 aromatic heterocycles. The van der Waals surface area contributed by atoms with Crippen LogP contribution in [-0.2, 0) is 6.42 Å². The third kappa shape index (κ3) is 3.23. The first-order valence-corrected chi connectivity index (χ1v) is 6.76. The molecule has 2 aromatic carbocycles. The van der Waals surface area contributed by atoms with Gasteiger partial charge in [0.05, 0.1) is 14.2 Å². The van der Waals surface area contributed by atoms with Crippen molar-refractivity contribution in [3.8, 4) is 11.5 Å². The van der Waals surface area contributed by atoms with Crippen LogP contribution in [0.15, 0.2) is 42.5 Å². The molecule has 0 fully saturated rings. The van der Waals surface area contributed by atoms with Crippen LogP contribution in [0.5, 0.6) is 11.5 Å². The number of methoxy groups -OCH3 is 2. The van der Waals surface area contributed by atoms with Gasteiger partial charge in [-0.25, -0.2) is 0 Å². The van der Waals surface area contributed by atoms with Crippen molar-refractivity contribution in [1.82, 2.24) is 0 Å². The minimum atomic E-state index is -0.122. The van der Waals surface area contributed by atoms with Crippen LogP contribution in [0.4, 0.5) is 0 Å². The first-order valence-electron chi connectivity index (χ1n) is 6.76. The van der Waals surface area contributed by atoms with Gasteiger partial charge in [0.25, 0.3) is 0 Å². The number of rotatable bonds is 6. The van der Waals surface area contributed by atoms with Crippen LogP contribution in [0.25, 0.3) is 0 Å². The molecule has 0 aliphatic rings. The zero-order valence-corrected chi connectivity index (χ0v) is 12.3. The summed E-state index contributed by atoms with van der Waals surface area (Å²) in [6.45, 7) is 0.591. The smallest absolute Gasteiger partial charge is 0.200 e. The predicted octanol–water partition coefficient (Wildman–Crippen LogP) is 2.44. The van der Waals surface area contributed by atoms with Crippen molar-refractivity contribution in [3.05, 3.63) is 59.2 Å². The van der Waals surface area contributed by atoms with Gasteiger partial charge < -0.3 is 15.2 Å². The molecule has 0 heterocycles. The van der Waals surface area contributed by atoms with Gasteiger partial charge in [0.1, 0.15) is 17.1 Å². The second kappa shape index (κ2) is 6.90. The van der Waals surface area contributed by atoms with E-state index in [4.69, 9.17) is 15.2 Å². The third-order valence-corrected chi connectivity index (χ3v) is 3.30. The molecule has 0 amide bonds. The van der Waals surface area contributed by atoms with E-state index in [-0.39, 0.29) is 5.78 Å². The molecule has 0 unspecified atom stereocenters. The molecule has 0 saturated carbocycles. The SMILES string of the molecule is COc1cccc(OC)c1C(=O)c1ccc(CCN)cc1. The van der Waals surface area contributed by atoms with E-state index < -0.39 is 0 Å². The van der Waals surface area contributed by atoms with E-state index >= 15 is 0 Å². The summed E-state index contributed by atoms with van der Waals surface area (Å²) >= 11 is 0. The van der Waals surface area contributed by atoms with Gasteiger partial charge >= 0.3 is 0 Å². The van der Waals surface area contributed by atoms with E-state index in [9.17, 15) is 4.79 Å². The Hall–Kier alpha value is -2.33. The van der Waals surface area contributed by atoms with E-state index in [1.807, 2.05) is 12.1 Å². The van der Waals surface area contributed by atoms with Gasteiger partial charge in [-0.05, 0) is 30.7 Å².